The molecule has 3 aliphatic carbocycles. The summed E-state index contributed by atoms with van der Waals surface area (Å²) in [6, 6.07) is 0. The summed E-state index contributed by atoms with van der Waals surface area (Å²) in [5, 5.41) is 0. The van der Waals surface area contributed by atoms with Crippen LogP contribution >= 0.6 is 0 Å². The van der Waals surface area contributed by atoms with Gasteiger partial charge >= 0.3 is 11.9 Å². The summed E-state index contributed by atoms with van der Waals surface area (Å²) < 4.78 is 4.76. The van der Waals surface area contributed by atoms with Crippen LogP contribution in [-0.4, -0.2) is 17.7 Å². The largest absolute Gasteiger partial charge is 0.393 e. The molecular weight excluding hydrogens is 220 g/mol. The van der Waals surface area contributed by atoms with Crippen molar-refractivity contribution in [2.24, 2.45) is 29.1 Å². The minimum Gasteiger partial charge on any atom is -0.393 e. The molecule has 0 aromatic rings. The molecule has 5 unspecified atom stereocenters. The Morgan fingerprint density at radius 2 is 1.88 bits per heavy atom. The number of rotatable bonds is 0. The molecule has 0 aromatic heterocycles. The Morgan fingerprint density at radius 1 is 1.12 bits per heavy atom. The Labute approximate surface area is 98.7 Å². The van der Waals surface area contributed by atoms with E-state index in [1.54, 1.807) is 0 Å². The summed E-state index contributed by atoms with van der Waals surface area (Å²) in [5.41, 5.74) is -0.268. The average molecular weight is 234 g/mol. The lowest BCUT2D eigenvalue weighted by Crippen LogP contribution is -2.41. The molecule has 3 saturated carbocycles. The van der Waals surface area contributed by atoms with E-state index >= 15 is 0 Å². The molecule has 4 aliphatic rings. The quantitative estimate of drug-likeness (QED) is 0.465. The molecule has 0 aromatic carbocycles. The maximum Gasteiger partial charge on any atom is 0.317 e. The molecule has 4 rings (SSSR count). The van der Waals surface area contributed by atoms with Crippen LogP contribution in [0.5, 0.6) is 0 Å². The van der Waals surface area contributed by atoms with Crippen LogP contribution in [0.25, 0.3) is 0 Å². The maximum atomic E-state index is 12.1. The SMILES string of the molecule is O=C1OC(=O)C2C1C1CC2C2(CCCC2=O)C1. The summed E-state index contributed by atoms with van der Waals surface area (Å²) in [5.74, 6) is -0.609. The second-order valence-electron chi connectivity index (χ2n) is 6.03. The third-order valence-electron chi connectivity index (χ3n) is 5.55. The standard InChI is InChI=1S/C13H14O4/c14-8-2-1-3-13(8)5-6-4-7(13)10-9(6)11(15)17-12(10)16/h6-7,9-10H,1-5H2. The van der Waals surface area contributed by atoms with E-state index in [0.29, 0.717) is 12.2 Å². The number of esters is 2. The van der Waals surface area contributed by atoms with Crippen LogP contribution < -0.4 is 0 Å². The van der Waals surface area contributed by atoms with Crippen LogP contribution in [-0.2, 0) is 19.1 Å². The van der Waals surface area contributed by atoms with Gasteiger partial charge in [0.1, 0.15) is 5.78 Å². The molecular formula is C13H14O4. The summed E-state index contributed by atoms with van der Waals surface area (Å²) in [6.45, 7) is 0. The first-order valence-electron chi connectivity index (χ1n) is 6.42. The predicted molar refractivity (Wildman–Crippen MR) is 55.6 cm³/mol. The van der Waals surface area contributed by atoms with Crippen LogP contribution in [0.2, 0.25) is 0 Å². The summed E-state index contributed by atoms with van der Waals surface area (Å²) in [7, 11) is 0. The van der Waals surface area contributed by atoms with Crippen molar-refractivity contribution < 1.29 is 19.1 Å². The summed E-state index contributed by atoms with van der Waals surface area (Å²) in [4.78, 5) is 35.5. The molecule has 90 valence electrons. The molecule has 4 fully saturated rings. The number of fused-ring (bicyclic) bond motifs is 6. The van der Waals surface area contributed by atoms with Crippen molar-refractivity contribution in [2.75, 3.05) is 0 Å². The fourth-order valence-corrected chi connectivity index (χ4v) is 5.01. The van der Waals surface area contributed by atoms with Gasteiger partial charge < -0.3 is 4.74 Å². The van der Waals surface area contributed by atoms with Crippen molar-refractivity contribution in [1.29, 1.82) is 0 Å². The fraction of sp³-hybridized carbons (Fsp3) is 0.769. The highest BCUT2D eigenvalue weighted by Crippen LogP contribution is 2.66. The highest BCUT2D eigenvalue weighted by Gasteiger charge is 2.70. The van der Waals surface area contributed by atoms with E-state index in [9.17, 15) is 14.4 Å². The zero-order valence-corrected chi connectivity index (χ0v) is 9.48. The minimum atomic E-state index is -0.369. The molecule has 2 bridgehead atoms. The monoisotopic (exact) mass is 234 g/mol. The Kier molecular flexibility index (Phi) is 1.61. The maximum absolute atomic E-state index is 12.1. The van der Waals surface area contributed by atoms with E-state index in [0.717, 1.165) is 25.7 Å². The van der Waals surface area contributed by atoms with Gasteiger partial charge in [-0.3, -0.25) is 14.4 Å². The number of carbonyl (C=O) groups is 3. The van der Waals surface area contributed by atoms with E-state index in [1.807, 2.05) is 0 Å². The molecule has 0 amide bonds. The number of Topliss-reactive ketones (excluding diaryl/α,β-unsaturated/α-hetero) is 1. The minimum absolute atomic E-state index is 0.0893. The third kappa shape index (κ3) is 0.941. The third-order valence-corrected chi connectivity index (χ3v) is 5.55. The first-order valence-corrected chi connectivity index (χ1v) is 6.42. The van der Waals surface area contributed by atoms with Crippen LogP contribution in [0.15, 0.2) is 0 Å². The number of ether oxygens (including phenoxy) is 1. The molecule has 17 heavy (non-hydrogen) atoms. The van der Waals surface area contributed by atoms with Crippen molar-refractivity contribution >= 4 is 17.7 Å². The molecule has 0 N–H and O–H groups in total. The van der Waals surface area contributed by atoms with Crippen molar-refractivity contribution in [3.8, 4) is 0 Å². The van der Waals surface area contributed by atoms with E-state index < -0.39 is 0 Å². The molecule has 4 nitrogen and oxygen atoms in total. The lowest BCUT2D eigenvalue weighted by molar-refractivity contribution is -0.154. The lowest BCUT2D eigenvalue weighted by Gasteiger charge is -2.35. The van der Waals surface area contributed by atoms with Crippen molar-refractivity contribution in [1.82, 2.24) is 0 Å². The van der Waals surface area contributed by atoms with Gasteiger partial charge in [0.2, 0.25) is 0 Å². The van der Waals surface area contributed by atoms with Gasteiger partial charge in [-0.05, 0) is 37.5 Å². The molecule has 4 heteroatoms. The van der Waals surface area contributed by atoms with Crippen molar-refractivity contribution in [2.45, 2.75) is 32.1 Å². The van der Waals surface area contributed by atoms with Gasteiger partial charge in [-0.2, -0.15) is 0 Å². The highest BCUT2D eigenvalue weighted by molar-refractivity contribution is 5.99. The Hall–Kier alpha value is -1.19. The van der Waals surface area contributed by atoms with Crippen LogP contribution in [0.4, 0.5) is 0 Å². The second kappa shape index (κ2) is 2.79. The molecule has 1 saturated heterocycles. The number of cyclic esters (lactones) is 2. The summed E-state index contributed by atoms with van der Waals surface area (Å²) >= 11 is 0. The Morgan fingerprint density at radius 3 is 2.59 bits per heavy atom. The van der Waals surface area contributed by atoms with Gasteiger partial charge in [-0.1, -0.05) is 0 Å². The van der Waals surface area contributed by atoms with E-state index in [1.165, 1.54) is 0 Å². The smallest absolute Gasteiger partial charge is 0.317 e. The first kappa shape index (κ1) is 9.80. The van der Waals surface area contributed by atoms with Gasteiger partial charge in [-0.15, -0.1) is 0 Å². The molecule has 5 atom stereocenters. The second-order valence-corrected chi connectivity index (χ2v) is 6.03. The van der Waals surface area contributed by atoms with Crippen LogP contribution in [0, 0.1) is 29.1 Å². The van der Waals surface area contributed by atoms with E-state index in [4.69, 9.17) is 4.74 Å². The Bertz CT molecular complexity index is 454. The normalized spacial score (nSPS) is 51.4. The number of hydrogen-bond acceptors (Lipinski definition) is 4. The van der Waals surface area contributed by atoms with Gasteiger partial charge in [0.25, 0.3) is 0 Å². The van der Waals surface area contributed by atoms with Crippen LogP contribution in [0.3, 0.4) is 0 Å². The van der Waals surface area contributed by atoms with Gasteiger partial charge in [0, 0.05) is 11.8 Å². The van der Waals surface area contributed by atoms with Crippen LogP contribution in [0.1, 0.15) is 32.1 Å². The highest BCUT2D eigenvalue weighted by atomic mass is 16.6. The molecule has 0 radical (unpaired) electrons. The Balaban J connectivity index is 1.78. The zero-order valence-electron chi connectivity index (χ0n) is 9.48. The fourth-order valence-electron chi connectivity index (χ4n) is 5.01. The van der Waals surface area contributed by atoms with Gasteiger partial charge in [0.05, 0.1) is 11.8 Å². The molecule has 1 aliphatic heterocycles. The first-order chi connectivity index (χ1) is 8.13. The molecule has 1 heterocycles. The van der Waals surface area contributed by atoms with Gasteiger partial charge in [-0.25, -0.2) is 0 Å². The van der Waals surface area contributed by atoms with Crippen molar-refractivity contribution in [3.05, 3.63) is 0 Å². The predicted octanol–water partition coefficient (Wildman–Crippen LogP) is 1.08. The van der Waals surface area contributed by atoms with E-state index in [2.05, 4.69) is 0 Å². The number of hydrogen-bond donors (Lipinski definition) is 0. The van der Waals surface area contributed by atoms with Gasteiger partial charge in [0.15, 0.2) is 0 Å². The lowest BCUT2D eigenvalue weighted by atomic mass is 9.64. The number of ketones is 1. The summed E-state index contributed by atoms with van der Waals surface area (Å²) in [6.07, 6.45) is 4.21. The molecule has 1 spiro atoms. The van der Waals surface area contributed by atoms with Crippen molar-refractivity contribution in [3.63, 3.8) is 0 Å². The average Bonchev–Trinajstić information content (AvgIpc) is 2.96. The van der Waals surface area contributed by atoms with E-state index in [-0.39, 0.29) is 41.0 Å². The topological polar surface area (TPSA) is 60.4 Å². The number of carbonyl (C=O) groups excluding carboxylic acids is 3. The zero-order chi connectivity index (χ0) is 11.8.